The number of hydrogen-bond acceptors (Lipinski definition) is 3. The van der Waals surface area contributed by atoms with Crippen LogP contribution in [0.5, 0.6) is 5.75 Å². The van der Waals surface area contributed by atoms with E-state index in [1.165, 1.54) is 12.1 Å². The van der Waals surface area contributed by atoms with Crippen molar-refractivity contribution in [3.8, 4) is 5.75 Å². The molecule has 0 heterocycles. The van der Waals surface area contributed by atoms with E-state index in [0.717, 1.165) is 12.8 Å². The molecule has 2 rings (SSSR count). The maximum absolute atomic E-state index is 12.1. The Balaban J connectivity index is 2.12. The first-order chi connectivity index (χ1) is 7.72. The molecule has 1 aromatic rings. The summed E-state index contributed by atoms with van der Waals surface area (Å²) < 4.78 is 0. The van der Waals surface area contributed by atoms with Crippen molar-refractivity contribution in [3.05, 3.63) is 29.8 Å². The summed E-state index contributed by atoms with van der Waals surface area (Å²) in [5, 5.41) is 18.1. The summed E-state index contributed by atoms with van der Waals surface area (Å²) in [7, 11) is 0. The predicted molar refractivity (Wildman–Crippen MR) is 59.3 cm³/mol. The third kappa shape index (κ3) is 2.33. The zero-order valence-electron chi connectivity index (χ0n) is 8.97. The van der Waals surface area contributed by atoms with Crippen LogP contribution in [0.2, 0.25) is 0 Å². The number of carbonyl (C=O) groups is 1. The molecule has 1 aromatic carbocycles. The number of aromatic hydroxyl groups is 1. The van der Waals surface area contributed by atoms with Gasteiger partial charge >= 0.3 is 0 Å². The van der Waals surface area contributed by atoms with Gasteiger partial charge in [0.05, 0.1) is 6.61 Å². The molecule has 1 fully saturated rings. The average molecular weight is 221 g/mol. The summed E-state index contributed by atoms with van der Waals surface area (Å²) in [5.41, 5.74) is 0.554. The lowest BCUT2D eigenvalue weighted by atomic mass is 10.2. The lowest BCUT2D eigenvalue weighted by Gasteiger charge is -2.21. The van der Waals surface area contributed by atoms with Crippen LogP contribution in [0.1, 0.15) is 23.2 Å². The normalized spacial score (nSPS) is 14.8. The van der Waals surface area contributed by atoms with E-state index in [2.05, 4.69) is 0 Å². The van der Waals surface area contributed by atoms with E-state index in [0.29, 0.717) is 12.1 Å². The Labute approximate surface area is 94.1 Å². The van der Waals surface area contributed by atoms with Crippen molar-refractivity contribution in [3.63, 3.8) is 0 Å². The molecule has 0 unspecified atom stereocenters. The van der Waals surface area contributed by atoms with Crippen molar-refractivity contribution in [2.24, 2.45) is 0 Å². The van der Waals surface area contributed by atoms with Crippen molar-refractivity contribution >= 4 is 5.91 Å². The third-order valence-corrected chi connectivity index (χ3v) is 2.70. The van der Waals surface area contributed by atoms with Gasteiger partial charge in [0.15, 0.2) is 0 Å². The van der Waals surface area contributed by atoms with E-state index < -0.39 is 0 Å². The molecule has 1 saturated carbocycles. The third-order valence-electron chi connectivity index (χ3n) is 2.70. The number of aliphatic hydroxyl groups is 1. The summed E-state index contributed by atoms with van der Waals surface area (Å²) in [4.78, 5) is 13.8. The lowest BCUT2D eigenvalue weighted by Crippen LogP contribution is -2.35. The number of phenols is 1. The highest BCUT2D eigenvalue weighted by Crippen LogP contribution is 2.28. The Morgan fingerprint density at radius 2 is 1.94 bits per heavy atom. The average Bonchev–Trinajstić information content (AvgIpc) is 3.10. The summed E-state index contributed by atoms with van der Waals surface area (Å²) in [6, 6.07) is 6.48. The van der Waals surface area contributed by atoms with E-state index >= 15 is 0 Å². The fourth-order valence-corrected chi connectivity index (χ4v) is 1.71. The SMILES string of the molecule is O=C(c1ccc(O)cc1)N(CCO)C1CC1. The van der Waals surface area contributed by atoms with Crippen LogP contribution in [-0.2, 0) is 0 Å². The number of carbonyl (C=O) groups excluding carboxylic acids is 1. The highest BCUT2D eigenvalue weighted by molar-refractivity contribution is 5.94. The van der Waals surface area contributed by atoms with Crippen LogP contribution < -0.4 is 0 Å². The van der Waals surface area contributed by atoms with Gasteiger partial charge in [0.2, 0.25) is 0 Å². The van der Waals surface area contributed by atoms with Crippen LogP contribution in [0.25, 0.3) is 0 Å². The second kappa shape index (κ2) is 4.53. The van der Waals surface area contributed by atoms with Gasteiger partial charge in [-0.1, -0.05) is 0 Å². The molecular formula is C12H15NO3. The number of nitrogens with zero attached hydrogens (tertiary/aromatic N) is 1. The standard InChI is InChI=1S/C12H15NO3/c14-8-7-13(10-3-4-10)12(16)9-1-5-11(15)6-2-9/h1-2,5-6,10,14-15H,3-4,7-8H2. The summed E-state index contributed by atoms with van der Waals surface area (Å²) in [6.07, 6.45) is 2.04. The van der Waals surface area contributed by atoms with Gasteiger partial charge in [-0.2, -0.15) is 0 Å². The lowest BCUT2D eigenvalue weighted by molar-refractivity contribution is 0.0707. The van der Waals surface area contributed by atoms with Gasteiger partial charge in [-0.15, -0.1) is 0 Å². The molecule has 4 nitrogen and oxygen atoms in total. The molecule has 0 radical (unpaired) electrons. The second-order valence-corrected chi connectivity index (χ2v) is 4.00. The molecule has 1 aliphatic rings. The van der Waals surface area contributed by atoms with Crippen LogP contribution in [0.4, 0.5) is 0 Å². The van der Waals surface area contributed by atoms with E-state index in [-0.39, 0.29) is 24.3 Å². The maximum Gasteiger partial charge on any atom is 0.254 e. The van der Waals surface area contributed by atoms with E-state index in [4.69, 9.17) is 10.2 Å². The van der Waals surface area contributed by atoms with Crippen LogP contribution in [0.3, 0.4) is 0 Å². The van der Waals surface area contributed by atoms with Gasteiger partial charge in [0.1, 0.15) is 5.75 Å². The molecule has 0 aliphatic heterocycles. The van der Waals surface area contributed by atoms with Crippen molar-refractivity contribution in [2.45, 2.75) is 18.9 Å². The monoisotopic (exact) mass is 221 g/mol. The fourth-order valence-electron chi connectivity index (χ4n) is 1.71. The number of phenolic OH excluding ortho intramolecular Hbond substituents is 1. The number of benzene rings is 1. The Morgan fingerprint density at radius 3 is 2.44 bits per heavy atom. The molecule has 16 heavy (non-hydrogen) atoms. The van der Waals surface area contributed by atoms with E-state index in [1.807, 2.05) is 0 Å². The number of hydrogen-bond donors (Lipinski definition) is 2. The Bertz CT molecular complexity index is 370. The molecule has 2 N–H and O–H groups in total. The minimum Gasteiger partial charge on any atom is -0.508 e. The van der Waals surface area contributed by atoms with Crippen LogP contribution >= 0.6 is 0 Å². The van der Waals surface area contributed by atoms with Crippen LogP contribution in [0.15, 0.2) is 24.3 Å². The first-order valence-corrected chi connectivity index (χ1v) is 5.43. The van der Waals surface area contributed by atoms with E-state index in [9.17, 15) is 4.79 Å². The van der Waals surface area contributed by atoms with Gasteiger partial charge in [0.25, 0.3) is 5.91 Å². The van der Waals surface area contributed by atoms with Gasteiger partial charge < -0.3 is 15.1 Å². The zero-order valence-corrected chi connectivity index (χ0v) is 8.97. The number of amides is 1. The van der Waals surface area contributed by atoms with Crippen LogP contribution in [-0.4, -0.2) is 40.2 Å². The summed E-state index contributed by atoms with van der Waals surface area (Å²) in [5.74, 6) is 0.0771. The molecule has 0 spiro atoms. The molecule has 1 amide bonds. The predicted octanol–water partition coefficient (Wildman–Crippen LogP) is 0.989. The smallest absolute Gasteiger partial charge is 0.254 e. The highest BCUT2D eigenvalue weighted by Gasteiger charge is 2.32. The van der Waals surface area contributed by atoms with E-state index in [1.54, 1.807) is 17.0 Å². The highest BCUT2D eigenvalue weighted by atomic mass is 16.3. The number of aliphatic hydroxyl groups excluding tert-OH is 1. The quantitative estimate of drug-likeness (QED) is 0.797. The zero-order chi connectivity index (χ0) is 11.5. The first-order valence-electron chi connectivity index (χ1n) is 5.43. The van der Waals surface area contributed by atoms with Crippen molar-refractivity contribution < 1.29 is 15.0 Å². The largest absolute Gasteiger partial charge is 0.508 e. The van der Waals surface area contributed by atoms with Gasteiger partial charge in [-0.05, 0) is 37.1 Å². The Kier molecular flexibility index (Phi) is 3.10. The van der Waals surface area contributed by atoms with Gasteiger partial charge in [-0.25, -0.2) is 0 Å². The molecular weight excluding hydrogens is 206 g/mol. The topological polar surface area (TPSA) is 60.8 Å². The molecule has 0 atom stereocenters. The molecule has 4 heteroatoms. The maximum atomic E-state index is 12.1. The fraction of sp³-hybridized carbons (Fsp3) is 0.417. The molecule has 0 aromatic heterocycles. The summed E-state index contributed by atoms with van der Waals surface area (Å²) >= 11 is 0. The van der Waals surface area contributed by atoms with Crippen LogP contribution in [0, 0.1) is 0 Å². The van der Waals surface area contributed by atoms with Gasteiger partial charge in [-0.3, -0.25) is 4.79 Å². The summed E-state index contributed by atoms with van der Waals surface area (Å²) in [6.45, 7) is 0.366. The van der Waals surface area contributed by atoms with Crippen molar-refractivity contribution in [2.75, 3.05) is 13.2 Å². The number of rotatable bonds is 4. The minimum absolute atomic E-state index is 0.0136. The van der Waals surface area contributed by atoms with Crippen molar-refractivity contribution in [1.29, 1.82) is 0 Å². The molecule has 0 saturated heterocycles. The molecule has 0 bridgehead atoms. The van der Waals surface area contributed by atoms with Crippen molar-refractivity contribution in [1.82, 2.24) is 4.90 Å². The molecule has 86 valence electrons. The Hall–Kier alpha value is -1.55. The minimum atomic E-state index is -0.0726. The Morgan fingerprint density at radius 1 is 1.31 bits per heavy atom. The van der Waals surface area contributed by atoms with Gasteiger partial charge in [0, 0.05) is 18.2 Å². The first kappa shape index (κ1) is 11.0. The molecule has 1 aliphatic carbocycles. The second-order valence-electron chi connectivity index (χ2n) is 4.00.